The molecule has 0 aliphatic heterocycles. The van der Waals surface area contributed by atoms with E-state index in [1.54, 1.807) is 48.5 Å². The highest BCUT2D eigenvalue weighted by Crippen LogP contribution is 2.25. The van der Waals surface area contributed by atoms with Gasteiger partial charge in [-0.1, -0.05) is 36.4 Å². The van der Waals surface area contributed by atoms with E-state index < -0.39 is 22.5 Å². The molecule has 0 saturated carbocycles. The molecule has 0 spiro atoms. The summed E-state index contributed by atoms with van der Waals surface area (Å²) in [5.41, 5.74) is 5.04. The highest BCUT2D eigenvalue weighted by molar-refractivity contribution is 7.92. The number of amides is 1. The van der Waals surface area contributed by atoms with Crippen LogP contribution in [-0.4, -0.2) is 32.2 Å². The SMILES string of the molecule is Cc1ccc(N(CC(=O)N/N=C\c2ccccc2O)S(=O)(=O)c2ccccc2)cc1C. The summed E-state index contributed by atoms with van der Waals surface area (Å²) in [5.74, 6) is -0.603. The average molecular weight is 438 g/mol. The molecule has 0 aromatic heterocycles. The van der Waals surface area contributed by atoms with E-state index in [-0.39, 0.29) is 10.6 Å². The fraction of sp³-hybridized carbons (Fsp3) is 0.130. The number of nitrogens with one attached hydrogen (secondary N) is 1. The molecule has 0 heterocycles. The van der Waals surface area contributed by atoms with Gasteiger partial charge in [-0.15, -0.1) is 0 Å². The van der Waals surface area contributed by atoms with Crippen molar-refractivity contribution in [2.24, 2.45) is 5.10 Å². The molecule has 160 valence electrons. The topological polar surface area (TPSA) is 99.1 Å². The first kappa shape index (κ1) is 22.0. The Morgan fingerprint density at radius 2 is 1.68 bits per heavy atom. The van der Waals surface area contributed by atoms with Crippen LogP contribution in [0.1, 0.15) is 16.7 Å². The number of benzene rings is 3. The lowest BCUT2D eigenvalue weighted by molar-refractivity contribution is -0.119. The minimum Gasteiger partial charge on any atom is -0.507 e. The van der Waals surface area contributed by atoms with Crippen LogP contribution in [-0.2, 0) is 14.8 Å². The number of hydrazone groups is 1. The van der Waals surface area contributed by atoms with Crippen LogP contribution in [0.25, 0.3) is 0 Å². The maximum Gasteiger partial charge on any atom is 0.264 e. The van der Waals surface area contributed by atoms with Crippen molar-refractivity contribution in [3.63, 3.8) is 0 Å². The number of carbonyl (C=O) groups is 1. The minimum atomic E-state index is -3.98. The Labute approximate surface area is 181 Å². The second kappa shape index (κ2) is 9.44. The van der Waals surface area contributed by atoms with Gasteiger partial charge in [0.05, 0.1) is 16.8 Å². The van der Waals surface area contributed by atoms with Crippen LogP contribution in [0.2, 0.25) is 0 Å². The quantitative estimate of drug-likeness (QED) is 0.437. The number of aryl methyl sites for hydroxylation is 2. The number of para-hydroxylation sites is 1. The molecule has 31 heavy (non-hydrogen) atoms. The molecule has 0 unspecified atom stereocenters. The summed E-state index contributed by atoms with van der Waals surface area (Å²) in [4.78, 5) is 12.6. The highest BCUT2D eigenvalue weighted by Gasteiger charge is 2.27. The Morgan fingerprint density at radius 3 is 2.35 bits per heavy atom. The molecule has 8 heteroatoms. The molecule has 0 bridgehead atoms. The van der Waals surface area contributed by atoms with Crippen LogP contribution in [0.5, 0.6) is 5.75 Å². The number of nitrogens with zero attached hydrogens (tertiary/aromatic N) is 2. The maximum absolute atomic E-state index is 13.3. The van der Waals surface area contributed by atoms with Crippen molar-refractivity contribution >= 4 is 27.8 Å². The first-order valence-corrected chi connectivity index (χ1v) is 11.0. The zero-order valence-electron chi connectivity index (χ0n) is 17.2. The average Bonchev–Trinajstić information content (AvgIpc) is 2.76. The van der Waals surface area contributed by atoms with Gasteiger partial charge in [-0.05, 0) is 61.4 Å². The van der Waals surface area contributed by atoms with Crippen LogP contribution in [0.15, 0.2) is 82.8 Å². The summed E-state index contributed by atoms with van der Waals surface area (Å²) < 4.78 is 27.6. The van der Waals surface area contributed by atoms with Crippen molar-refractivity contribution in [2.75, 3.05) is 10.8 Å². The Morgan fingerprint density at radius 1 is 1.00 bits per heavy atom. The number of hydrogen-bond acceptors (Lipinski definition) is 5. The number of phenolic OH excluding ortho intramolecular Hbond substituents is 1. The molecule has 3 aromatic carbocycles. The molecule has 2 N–H and O–H groups in total. The van der Waals surface area contributed by atoms with Crippen molar-refractivity contribution < 1.29 is 18.3 Å². The number of phenols is 1. The smallest absolute Gasteiger partial charge is 0.264 e. The Kier molecular flexibility index (Phi) is 6.71. The second-order valence-corrected chi connectivity index (χ2v) is 8.81. The molecule has 3 rings (SSSR count). The molecule has 3 aromatic rings. The largest absolute Gasteiger partial charge is 0.507 e. The van der Waals surface area contributed by atoms with Gasteiger partial charge in [0.25, 0.3) is 15.9 Å². The van der Waals surface area contributed by atoms with Crippen LogP contribution in [0.4, 0.5) is 5.69 Å². The van der Waals surface area contributed by atoms with Gasteiger partial charge in [0.2, 0.25) is 0 Å². The van der Waals surface area contributed by atoms with E-state index in [4.69, 9.17) is 0 Å². The van der Waals surface area contributed by atoms with Gasteiger partial charge in [0.15, 0.2) is 0 Å². The zero-order chi connectivity index (χ0) is 22.4. The normalized spacial score (nSPS) is 11.4. The van der Waals surface area contributed by atoms with Crippen molar-refractivity contribution in [1.29, 1.82) is 0 Å². The van der Waals surface area contributed by atoms with Gasteiger partial charge in [-0.25, -0.2) is 13.8 Å². The molecule has 0 aliphatic carbocycles. The maximum atomic E-state index is 13.3. The van der Waals surface area contributed by atoms with Crippen molar-refractivity contribution in [1.82, 2.24) is 5.43 Å². The first-order valence-electron chi connectivity index (χ1n) is 9.54. The minimum absolute atomic E-state index is 0.0175. The first-order chi connectivity index (χ1) is 14.8. The van der Waals surface area contributed by atoms with E-state index in [9.17, 15) is 18.3 Å². The van der Waals surface area contributed by atoms with Crippen molar-refractivity contribution in [2.45, 2.75) is 18.7 Å². The Bertz CT molecular complexity index is 1210. The predicted octanol–water partition coefficient (Wildman–Crippen LogP) is 3.35. The predicted molar refractivity (Wildman–Crippen MR) is 121 cm³/mol. The lowest BCUT2D eigenvalue weighted by atomic mass is 10.1. The van der Waals surface area contributed by atoms with Crippen LogP contribution in [0, 0.1) is 13.8 Å². The number of sulfonamides is 1. The van der Waals surface area contributed by atoms with Gasteiger partial charge in [0, 0.05) is 5.56 Å². The molecule has 0 saturated heterocycles. The molecule has 0 radical (unpaired) electrons. The third-order valence-corrected chi connectivity index (χ3v) is 6.51. The van der Waals surface area contributed by atoms with Crippen molar-refractivity contribution in [3.05, 3.63) is 89.5 Å². The zero-order valence-corrected chi connectivity index (χ0v) is 18.0. The number of aromatic hydroxyl groups is 1. The molecule has 7 nitrogen and oxygen atoms in total. The van der Waals surface area contributed by atoms with E-state index in [1.807, 2.05) is 19.9 Å². The molecule has 0 fully saturated rings. The summed E-state index contributed by atoms with van der Waals surface area (Å²) in [5, 5.41) is 13.6. The number of anilines is 1. The molecule has 0 atom stereocenters. The fourth-order valence-corrected chi connectivity index (χ4v) is 4.29. The summed E-state index contributed by atoms with van der Waals surface area (Å²) in [6.45, 7) is 3.34. The number of carbonyl (C=O) groups excluding carboxylic acids is 1. The summed E-state index contributed by atoms with van der Waals surface area (Å²) in [7, 11) is -3.98. The third kappa shape index (κ3) is 5.29. The van der Waals surface area contributed by atoms with E-state index in [0.717, 1.165) is 15.4 Å². The van der Waals surface area contributed by atoms with Crippen LogP contribution in [0.3, 0.4) is 0 Å². The standard InChI is InChI=1S/C23H23N3O4S/c1-17-12-13-20(14-18(17)2)26(31(29,30)21-9-4-3-5-10-21)16-23(28)25-24-15-19-8-6-7-11-22(19)27/h3-15,27H,16H2,1-2H3,(H,25,28)/b24-15-. The lowest BCUT2D eigenvalue weighted by Crippen LogP contribution is -2.39. The monoisotopic (exact) mass is 437 g/mol. The van der Waals surface area contributed by atoms with E-state index in [2.05, 4.69) is 10.5 Å². The number of hydrogen-bond donors (Lipinski definition) is 2. The summed E-state index contributed by atoms with van der Waals surface area (Å²) in [6.07, 6.45) is 1.29. The Balaban J connectivity index is 1.87. The molecular weight excluding hydrogens is 414 g/mol. The van der Waals surface area contributed by atoms with E-state index in [0.29, 0.717) is 11.3 Å². The van der Waals surface area contributed by atoms with Gasteiger partial charge >= 0.3 is 0 Å². The van der Waals surface area contributed by atoms with Gasteiger partial charge in [0.1, 0.15) is 12.3 Å². The number of rotatable bonds is 7. The molecule has 1 amide bonds. The lowest BCUT2D eigenvalue weighted by Gasteiger charge is -2.24. The van der Waals surface area contributed by atoms with Gasteiger partial charge < -0.3 is 5.11 Å². The summed E-state index contributed by atoms with van der Waals surface area (Å²) in [6, 6.07) is 19.7. The van der Waals surface area contributed by atoms with Gasteiger partial charge in [-0.3, -0.25) is 9.10 Å². The highest BCUT2D eigenvalue weighted by atomic mass is 32.2. The van der Waals surface area contributed by atoms with Gasteiger partial charge in [-0.2, -0.15) is 5.10 Å². The molecular formula is C23H23N3O4S. The fourth-order valence-electron chi connectivity index (χ4n) is 2.85. The van der Waals surface area contributed by atoms with E-state index in [1.165, 1.54) is 24.4 Å². The van der Waals surface area contributed by atoms with Crippen LogP contribution < -0.4 is 9.73 Å². The second-order valence-electron chi connectivity index (χ2n) is 6.95. The Hall–Kier alpha value is -3.65. The molecule has 0 aliphatic rings. The third-order valence-electron chi connectivity index (χ3n) is 4.73. The van der Waals surface area contributed by atoms with Crippen molar-refractivity contribution in [3.8, 4) is 5.75 Å². The van der Waals surface area contributed by atoms with Crippen LogP contribution >= 0.6 is 0 Å². The summed E-state index contributed by atoms with van der Waals surface area (Å²) >= 11 is 0. The van der Waals surface area contributed by atoms with E-state index >= 15 is 0 Å².